The molecule has 0 bridgehead atoms. The molecule has 20 heavy (non-hydrogen) atoms. The van der Waals surface area contributed by atoms with Gasteiger partial charge in [0, 0.05) is 23.3 Å². The summed E-state index contributed by atoms with van der Waals surface area (Å²) in [4.78, 5) is 3.39. The summed E-state index contributed by atoms with van der Waals surface area (Å²) >= 11 is 6.68. The highest BCUT2D eigenvalue weighted by molar-refractivity contribution is 7.79. The number of rotatable bonds is 5. The van der Waals surface area contributed by atoms with Gasteiger partial charge in [0.05, 0.1) is 12.0 Å². The van der Waals surface area contributed by atoms with E-state index in [9.17, 15) is 5.26 Å². The Morgan fingerprint density at radius 1 is 1.55 bits per heavy atom. The van der Waals surface area contributed by atoms with Gasteiger partial charge >= 0.3 is 0 Å². The molecule has 0 aliphatic heterocycles. The molecule has 1 aromatic heterocycles. The summed E-state index contributed by atoms with van der Waals surface area (Å²) in [7, 11) is 2.11. The average molecular weight is 304 g/mol. The van der Waals surface area contributed by atoms with Crippen LogP contribution < -0.4 is 0 Å². The highest BCUT2D eigenvalue weighted by atomic mass is 32.1. The van der Waals surface area contributed by atoms with Gasteiger partial charge in [-0.3, -0.25) is 0 Å². The zero-order valence-electron chi connectivity index (χ0n) is 12.0. The second kappa shape index (κ2) is 7.01. The molecule has 0 saturated heterocycles. The maximum Gasteiger partial charge on any atom is 0.0659 e. The van der Waals surface area contributed by atoms with Gasteiger partial charge in [-0.15, -0.1) is 11.3 Å². The summed E-state index contributed by atoms with van der Waals surface area (Å²) in [6.45, 7) is 2.18. The van der Waals surface area contributed by atoms with Gasteiger partial charge in [0.25, 0.3) is 0 Å². The summed E-state index contributed by atoms with van der Waals surface area (Å²) in [6.07, 6.45) is 7.46. The lowest BCUT2D eigenvalue weighted by atomic mass is 9.95. The number of hydrogen-bond acceptors (Lipinski definition) is 4. The van der Waals surface area contributed by atoms with E-state index in [2.05, 4.69) is 48.7 Å². The monoisotopic (exact) mass is 304 g/mol. The second-order valence-corrected chi connectivity index (χ2v) is 6.55. The SMILES string of the molecule is CCC1CC(N(C)/C=C\c2ccsc2C=S)CC1C#N. The van der Waals surface area contributed by atoms with Crippen molar-refractivity contribution in [3.05, 3.63) is 28.1 Å². The molecule has 1 fully saturated rings. The molecule has 0 radical (unpaired) electrons. The van der Waals surface area contributed by atoms with Gasteiger partial charge < -0.3 is 4.90 Å². The first-order valence-electron chi connectivity index (χ1n) is 7.02. The predicted octanol–water partition coefficient (Wildman–Crippen LogP) is 4.33. The Balaban J connectivity index is 2.01. The van der Waals surface area contributed by atoms with Crippen LogP contribution in [-0.4, -0.2) is 23.4 Å². The van der Waals surface area contributed by atoms with Crippen molar-refractivity contribution in [2.24, 2.45) is 11.8 Å². The number of thiophene rings is 1. The van der Waals surface area contributed by atoms with E-state index < -0.39 is 0 Å². The number of hydrogen-bond donors (Lipinski definition) is 0. The molecule has 3 unspecified atom stereocenters. The number of nitriles is 1. The molecule has 0 N–H and O–H groups in total. The summed E-state index contributed by atoms with van der Waals surface area (Å²) < 4.78 is 0. The van der Waals surface area contributed by atoms with Crippen molar-refractivity contribution in [2.75, 3.05) is 7.05 Å². The summed E-state index contributed by atoms with van der Waals surface area (Å²) in [5.41, 5.74) is 1.18. The fraction of sp³-hybridized carbons (Fsp3) is 0.500. The van der Waals surface area contributed by atoms with Gasteiger partial charge in [0.15, 0.2) is 0 Å². The fourth-order valence-electron chi connectivity index (χ4n) is 2.92. The van der Waals surface area contributed by atoms with E-state index >= 15 is 0 Å². The first-order chi connectivity index (χ1) is 9.69. The highest BCUT2D eigenvalue weighted by Gasteiger charge is 2.34. The molecule has 2 rings (SSSR count). The maximum absolute atomic E-state index is 9.21. The first-order valence-corrected chi connectivity index (χ1v) is 8.37. The van der Waals surface area contributed by atoms with Crippen molar-refractivity contribution in [2.45, 2.75) is 32.2 Å². The number of thiocarbonyl (C=S) groups is 1. The lowest BCUT2D eigenvalue weighted by Gasteiger charge is -2.22. The fourth-order valence-corrected chi connectivity index (χ4v) is 3.91. The van der Waals surface area contributed by atoms with Gasteiger partial charge in [-0.1, -0.05) is 25.6 Å². The molecule has 1 aromatic rings. The predicted molar refractivity (Wildman–Crippen MR) is 89.8 cm³/mol. The third-order valence-electron chi connectivity index (χ3n) is 4.26. The standard InChI is InChI=1S/C16H20N2S2/c1-3-12-8-15(9-14(12)10-17)18(2)6-4-13-5-7-20-16(13)11-19/h4-7,11-12,14-15H,3,8-9H2,1-2H3/b6-4-. The van der Waals surface area contributed by atoms with E-state index in [1.54, 1.807) is 16.7 Å². The van der Waals surface area contributed by atoms with Crippen LogP contribution in [0, 0.1) is 23.2 Å². The number of nitrogens with zero attached hydrogens (tertiary/aromatic N) is 2. The third-order valence-corrected chi connectivity index (χ3v) is 5.52. The van der Waals surface area contributed by atoms with E-state index in [0.717, 1.165) is 24.1 Å². The van der Waals surface area contributed by atoms with Crippen molar-refractivity contribution >= 4 is 35.0 Å². The van der Waals surface area contributed by atoms with Gasteiger partial charge in [-0.2, -0.15) is 5.26 Å². The molecule has 0 aromatic carbocycles. The van der Waals surface area contributed by atoms with Gasteiger partial charge in [-0.25, -0.2) is 0 Å². The molecular weight excluding hydrogens is 284 g/mol. The van der Waals surface area contributed by atoms with Crippen molar-refractivity contribution in [3.8, 4) is 6.07 Å². The van der Waals surface area contributed by atoms with E-state index in [4.69, 9.17) is 12.2 Å². The van der Waals surface area contributed by atoms with Crippen molar-refractivity contribution < 1.29 is 0 Å². The van der Waals surface area contributed by atoms with Crippen molar-refractivity contribution in [3.63, 3.8) is 0 Å². The minimum Gasteiger partial charge on any atom is -0.377 e. The van der Waals surface area contributed by atoms with Crippen LogP contribution in [0.4, 0.5) is 0 Å². The minimum absolute atomic E-state index is 0.221. The molecule has 0 amide bonds. The van der Waals surface area contributed by atoms with Crippen LogP contribution in [0.2, 0.25) is 0 Å². The topological polar surface area (TPSA) is 27.0 Å². The normalized spacial score (nSPS) is 25.8. The van der Waals surface area contributed by atoms with Gasteiger partial charge in [-0.05, 0) is 48.0 Å². The molecule has 106 valence electrons. The van der Waals surface area contributed by atoms with Crippen LogP contribution in [0.5, 0.6) is 0 Å². The minimum atomic E-state index is 0.221. The van der Waals surface area contributed by atoms with Crippen LogP contribution in [0.3, 0.4) is 0 Å². The van der Waals surface area contributed by atoms with Crippen molar-refractivity contribution in [1.82, 2.24) is 4.90 Å². The van der Waals surface area contributed by atoms with Crippen LogP contribution >= 0.6 is 23.6 Å². The van der Waals surface area contributed by atoms with E-state index in [-0.39, 0.29) is 5.92 Å². The largest absolute Gasteiger partial charge is 0.377 e. The quantitative estimate of drug-likeness (QED) is 0.758. The van der Waals surface area contributed by atoms with E-state index in [0.29, 0.717) is 12.0 Å². The average Bonchev–Trinajstić information content (AvgIpc) is 3.10. The molecule has 1 aliphatic rings. The van der Waals surface area contributed by atoms with Crippen LogP contribution in [0.1, 0.15) is 36.6 Å². The van der Waals surface area contributed by atoms with Crippen molar-refractivity contribution in [1.29, 1.82) is 5.26 Å². The smallest absolute Gasteiger partial charge is 0.0659 e. The first kappa shape index (κ1) is 15.2. The third kappa shape index (κ3) is 3.28. The van der Waals surface area contributed by atoms with Crippen LogP contribution in [0.25, 0.3) is 6.08 Å². The zero-order valence-corrected chi connectivity index (χ0v) is 13.6. The lowest BCUT2D eigenvalue weighted by molar-refractivity contribution is 0.325. The van der Waals surface area contributed by atoms with Gasteiger partial charge in [0.1, 0.15) is 0 Å². The van der Waals surface area contributed by atoms with Crippen LogP contribution in [0.15, 0.2) is 17.6 Å². The molecule has 1 heterocycles. The summed E-state index contributed by atoms with van der Waals surface area (Å²) in [6, 6.07) is 5.04. The molecule has 1 saturated carbocycles. The van der Waals surface area contributed by atoms with E-state index in [1.165, 1.54) is 5.56 Å². The molecule has 0 spiro atoms. The Morgan fingerprint density at radius 2 is 2.35 bits per heavy atom. The highest BCUT2D eigenvalue weighted by Crippen LogP contribution is 2.36. The zero-order chi connectivity index (χ0) is 14.5. The maximum atomic E-state index is 9.21. The van der Waals surface area contributed by atoms with E-state index in [1.807, 2.05) is 0 Å². The lowest BCUT2D eigenvalue weighted by Crippen LogP contribution is -2.24. The van der Waals surface area contributed by atoms with Crippen LogP contribution in [-0.2, 0) is 0 Å². The summed E-state index contributed by atoms with van der Waals surface area (Å²) in [5.74, 6) is 0.775. The Labute approximate surface area is 130 Å². The van der Waals surface area contributed by atoms with Gasteiger partial charge in [0.2, 0.25) is 0 Å². The molecular formula is C16H20N2S2. The summed E-state index contributed by atoms with van der Waals surface area (Å²) in [5, 5.41) is 13.0. The Bertz CT molecular complexity index is 527. The molecule has 2 nitrogen and oxygen atoms in total. The molecule has 3 atom stereocenters. The Kier molecular flexibility index (Phi) is 5.33. The molecule has 4 heteroatoms. The Hall–Kier alpha value is -1.18. The second-order valence-electron chi connectivity index (χ2n) is 5.37. The molecule has 1 aliphatic carbocycles. The Morgan fingerprint density at radius 3 is 2.95 bits per heavy atom.